The number of hydrogen-bond acceptors (Lipinski definition) is 8. The van der Waals surface area contributed by atoms with Gasteiger partial charge < -0.3 is 24.4 Å². The molecule has 1 amide bonds. The van der Waals surface area contributed by atoms with Gasteiger partial charge in [-0.2, -0.15) is 0 Å². The second-order valence-corrected chi connectivity index (χ2v) is 14.6. The van der Waals surface area contributed by atoms with Crippen molar-refractivity contribution in [3.8, 4) is 0 Å². The molecule has 270 valence electrons. The van der Waals surface area contributed by atoms with E-state index in [0.717, 1.165) is 79.8 Å². The number of nitrogens with zero attached hydrogens (tertiary/aromatic N) is 6. The van der Waals surface area contributed by atoms with Gasteiger partial charge in [0.1, 0.15) is 5.82 Å². The van der Waals surface area contributed by atoms with Crippen LogP contribution in [0.2, 0.25) is 0 Å². The van der Waals surface area contributed by atoms with E-state index < -0.39 is 11.9 Å². The number of hydrogen-bond donors (Lipinski definition) is 1. The molecule has 10 nitrogen and oxygen atoms in total. The van der Waals surface area contributed by atoms with Gasteiger partial charge in [0.05, 0.1) is 35.7 Å². The molecule has 0 spiro atoms. The number of piperidine rings is 1. The predicted octanol–water partition coefficient (Wildman–Crippen LogP) is 6.66. The second-order valence-electron chi connectivity index (χ2n) is 14.6. The number of nitrogens with one attached hydrogen (secondary N) is 1. The Bertz CT molecular complexity index is 1910. The van der Waals surface area contributed by atoms with Crippen molar-refractivity contribution in [2.24, 2.45) is 0 Å². The summed E-state index contributed by atoms with van der Waals surface area (Å²) in [5.41, 5.74) is 6.04. The third kappa shape index (κ3) is 8.19. The number of aromatic nitrogens is 3. The van der Waals surface area contributed by atoms with Gasteiger partial charge in [-0.15, -0.1) is 0 Å². The molecule has 0 bridgehead atoms. The van der Waals surface area contributed by atoms with E-state index in [1.807, 2.05) is 50.3 Å². The SMILES string of the molecule is CCCCOC(=O)N[C@H]1CCN(c2cc3c(cc2F)c(=O)c(CN(Cc2ccnc(C)c2)[C@H]2CCCN(c4ccc(C)nc4)C2)cn3C2CC2)C1. The standard InChI is InChI=1S/C40H50FN7O3/c1-4-5-17-51-40(50)44-31-13-16-46(25-31)38-20-37-35(19-36(38)41)39(49)30(24-48(37)32-10-11-32)23-47(22-29-12-14-42-28(3)18-29)34-7-6-15-45(26-34)33-9-8-27(2)43-21-33/h8-9,12,14,18-21,24,31-32,34H,4-7,10-11,13,15-17,22-23,25-26H2,1-3H3,(H,44,50)/t31-,34-/m0/s1. The Labute approximate surface area is 299 Å². The first kappa shape index (κ1) is 34.9. The number of amides is 1. The number of unbranched alkanes of at least 4 members (excludes halogenated alkanes) is 1. The highest BCUT2D eigenvalue weighted by molar-refractivity contribution is 5.84. The lowest BCUT2D eigenvalue weighted by atomic mass is 10.0. The van der Waals surface area contributed by atoms with Crippen LogP contribution >= 0.6 is 0 Å². The lowest BCUT2D eigenvalue weighted by molar-refractivity contribution is 0.141. The monoisotopic (exact) mass is 695 g/mol. The van der Waals surface area contributed by atoms with Crippen molar-refractivity contribution in [1.82, 2.24) is 24.8 Å². The topological polar surface area (TPSA) is 95.8 Å². The van der Waals surface area contributed by atoms with Crippen molar-refractivity contribution in [2.45, 2.75) is 96.9 Å². The number of pyridine rings is 3. The van der Waals surface area contributed by atoms with E-state index in [0.29, 0.717) is 55.8 Å². The maximum absolute atomic E-state index is 16.0. The van der Waals surface area contributed by atoms with Crippen LogP contribution in [0.1, 0.15) is 80.4 Å². The minimum Gasteiger partial charge on any atom is -0.450 e. The first-order valence-corrected chi connectivity index (χ1v) is 18.6. The number of halogens is 1. The third-order valence-electron chi connectivity index (χ3n) is 10.6. The Morgan fingerprint density at radius 3 is 2.63 bits per heavy atom. The number of anilines is 2. The van der Waals surface area contributed by atoms with Gasteiger partial charge in [-0.25, -0.2) is 9.18 Å². The van der Waals surface area contributed by atoms with Crippen molar-refractivity contribution < 1.29 is 13.9 Å². The van der Waals surface area contributed by atoms with E-state index in [4.69, 9.17) is 4.74 Å². The predicted molar refractivity (Wildman–Crippen MR) is 199 cm³/mol. The molecule has 5 heterocycles. The average molecular weight is 696 g/mol. The molecule has 11 heteroatoms. The minimum absolute atomic E-state index is 0.116. The van der Waals surface area contributed by atoms with Crippen molar-refractivity contribution in [3.63, 3.8) is 0 Å². The van der Waals surface area contributed by atoms with Crippen LogP contribution in [0, 0.1) is 19.7 Å². The Hall–Kier alpha value is -4.51. The summed E-state index contributed by atoms with van der Waals surface area (Å²) in [6, 6.07) is 12.0. The molecule has 1 N–H and O–H groups in total. The normalized spacial score (nSPS) is 19.2. The number of aryl methyl sites for hydroxylation is 2. The highest BCUT2D eigenvalue weighted by Crippen LogP contribution is 2.39. The highest BCUT2D eigenvalue weighted by atomic mass is 19.1. The molecule has 2 atom stereocenters. The molecule has 1 aromatic carbocycles. The quantitative estimate of drug-likeness (QED) is 0.165. The molecular formula is C40H50FN7O3. The van der Waals surface area contributed by atoms with Gasteiger partial charge in [-0.3, -0.25) is 19.7 Å². The molecule has 3 aliphatic rings. The van der Waals surface area contributed by atoms with E-state index in [1.54, 1.807) is 0 Å². The van der Waals surface area contributed by atoms with Gasteiger partial charge in [0.25, 0.3) is 0 Å². The lowest BCUT2D eigenvalue weighted by Gasteiger charge is -2.40. The van der Waals surface area contributed by atoms with Crippen molar-refractivity contribution in [3.05, 3.63) is 93.5 Å². The van der Waals surface area contributed by atoms with E-state index >= 15 is 4.39 Å². The summed E-state index contributed by atoms with van der Waals surface area (Å²) in [5, 5.41) is 3.36. The Kier molecular flexibility index (Phi) is 10.5. The van der Waals surface area contributed by atoms with Crippen LogP contribution in [0.3, 0.4) is 0 Å². The van der Waals surface area contributed by atoms with Crippen LogP contribution in [0.15, 0.2) is 59.8 Å². The fourth-order valence-corrected chi connectivity index (χ4v) is 7.64. The lowest BCUT2D eigenvalue weighted by Crippen LogP contribution is -2.48. The molecule has 1 saturated carbocycles. The maximum atomic E-state index is 16.0. The number of rotatable bonds is 12. The summed E-state index contributed by atoms with van der Waals surface area (Å²) < 4.78 is 23.5. The molecule has 3 aromatic heterocycles. The van der Waals surface area contributed by atoms with Crippen LogP contribution < -0.4 is 20.5 Å². The zero-order valence-electron chi connectivity index (χ0n) is 30.1. The third-order valence-corrected chi connectivity index (χ3v) is 10.6. The molecule has 2 aliphatic heterocycles. The molecule has 7 rings (SSSR count). The van der Waals surface area contributed by atoms with Gasteiger partial charge in [-0.1, -0.05) is 13.3 Å². The summed E-state index contributed by atoms with van der Waals surface area (Å²) in [7, 11) is 0. The molecular weight excluding hydrogens is 645 g/mol. The van der Waals surface area contributed by atoms with Crippen LogP contribution in [0.25, 0.3) is 10.9 Å². The number of carbonyl (C=O) groups excluding carboxylic acids is 1. The van der Waals surface area contributed by atoms with Crippen molar-refractivity contribution in [2.75, 3.05) is 42.6 Å². The fourth-order valence-electron chi connectivity index (χ4n) is 7.64. The minimum atomic E-state index is -0.425. The highest BCUT2D eigenvalue weighted by Gasteiger charge is 2.31. The maximum Gasteiger partial charge on any atom is 0.407 e. The largest absolute Gasteiger partial charge is 0.450 e. The van der Waals surface area contributed by atoms with E-state index in [-0.39, 0.29) is 23.6 Å². The summed E-state index contributed by atoms with van der Waals surface area (Å²) in [5.74, 6) is -0.413. The Balaban J connectivity index is 1.17. The molecule has 3 fully saturated rings. The van der Waals surface area contributed by atoms with Gasteiger partial charge in [0.15, 0.2) is 5.43 Å². The molecule has 1 aliphatic carbocycles. The van der Waals surface area contributed by atoms with Crippen LogP contribution in [-0.4, -0.2) is 70.4 Å². The first-order chi connectivity index (χ1) is 24.7. The van der Waals surface area contributed by atoms with Crippen LogP contribution in [-0.2, 0) is 17.8 Å². The summed E-state index contributed by atoms with van der Waals surface area (Å²) in [6.07, 6.45) is 12.0. The average Bonchev–Trinajstić information content (AvgIpc) is 3.87. The summed E-state index contributed by atoms with van der Waals surface area (Å²) in [4.78, 5) is 42.3. The summed E-state index contributed by atoms with van der Waals surface area (Å²) >= 11 is 0. The number of carbonyl (C=O) groups is 1. The number of alkyl carbamates (subject to hydrolysis) is 1. The number of benzene rings is 1. The fraction of sp³-hybridized carbons (Fsp3) is 0.500. The number of fused-ring (bicyclic) bond motifs is 1. The van der Waals surface area contributed by atoms with E-state index in [2.05, 4.69) is 53.9 Å². The van der Waals surface area contributed by atoms with Crippen LogP contribution in [0.5, 0.6) is 0 Å². The van der Waals surface area contributed by atoms with Crippen LogP contribution in [0.4, 0.5) is 20.6 Å². The van der Waals surface area contributed by atoms with Crippen molar-refractivity contribution in [1.29, 1.82) is 0 Å². The molecule has 51 heavy (non-hydrogen) atoms. The van der Waals surface area contributed by atoms with Gasteiger partial charge in [0, 0.05) is 86.1 Å². The van der Waals surface area contributed by atoms with E-state index in [9.17, 15) is 9.59 Å². The number of ether oxygens (including phenoxy) is 1. The van der Waals surface area contributed by atoms with Gasteiger partial charge in [-0.05, 0) is 94.3 Å². The van der Waals surface area contributed by atoms with Gasteiger partial charge >= 0.3 is 6.09 Å². The Morgan fingerprint density at radius 1 is 1.00 bits per heavy atom. The molecule has 4 aromatic rings. The van der Waals surface area contributed by atoms with Crippen molar-refractivity contribution >= 4 is 28.4 Å². The Morgan fingerprint density at radius 2 is 1.86 bits per heavy atom. The zero-order valence-corrected chi connectivity index (χ0v) is 30.1. The zero-order chi connectivity index (χ0) is 35.5. The van der Waals surface area contributed by atoms with E-state index in [1.165, 1.54) is 6.07 Å². The molecule has 2 saturated heterocycles. The smallest absolute Gasteiger partial charge is 0.407 e. The second kappa shape index (κ2) is 15.4. The molecule has 0 radical (unpaired) electrons. The first-order valence-electron chi connectivity index (χ1n) is 18.6. The molecule has 0 unspecified atom stereocenters. The van der Waals surface area contributed by atoms with Gasteiger partial charge in [0.2, 0.25) is 0 Å². The summed E-state index contributed by atoms with van der Waals surface area (Å²) in [6.45, 7) is 10.5.